The summed E-state index contributed by atoms with van der Waals surface area (Å²) in [6.45, 7) is 2.68. The van der Waals surface area contributed by atoms with Gasteiger partial charge >= 0.3 is 0 Å². The van der Waals surface area contributed by atoms with Gasteiger partial charge in [0.15, 0.2) is 15.3 Å². The number of hydrogen-bond acceptors (Lipinski definition) is 3. The third kappa shape index (κ3) is 3.27. The van der Waals surface area contributed by atoms with Gasteiger partial charge in [-0.3, -0.25) is 0 Å². The van der Waals surface area contributed by atoms with Gasteiger partial charge < -0.3 is 4.74 Å². The molecule has 0 aromatic rings. The largest absolute Gasteiger partial charge is 0.362 e. The molecule has 0 bridgehead atoms. The van der Waals surface area contributed by atoms with Crippen LogP contribution in [0.25, 0.3) is 0 Å². The van der Waals surface area contributed by atoms with Crippen LogP contribution >= 0.6 is 0 Å². The Kier molecular flexibility index (Phi) is 4.19. The molecule has 13 heavy (non-hydrogen) atoms. The lowest BCUT2D eigenvalue weighted by Gasteiger charge is -2.10. The van der Waals surface area contributed by atoms with E-state index in [-0.39, 0.29) is 0 Å². The molecule has 1 heterocycles. The average Bonchev–Trinajstić information content (AvgIpc) is 2.56. The van der Waals surface area contributed by atoms with Crippen molar-refractivity contribution < 1.29 is 13.2 Å². The first-order valence-corrected chi connectivity index (χ1v) is 6.71. The number of rotatable bonds is 5. The van der Waals surface area contributed by atoms with Crippen LogP contribution in [0.3, 0.4) is 0 Å². The Bertz CT molecular complexity index is 227. The van der Waals surface area contributed by atoms with Gasteiger partial charge in [0.2, 0.25) is 0 Å². The molecule has 78 valence electrons. The van der Waals surface area contributed by atoms with Crippen LogP contribution in [0.2, 0.25) is 0 Å². The molecule has 1 fully saturated rings. The van der Waals surface area contributed by atoms with Crippen molar-refractivity contribution in [3.63, 3.8) is 0 Å². The Balaban J connectivity index is 2.36. The summed E-state index contributed by atoms with van der Waals surface area (Å²) in [4.78, 5) is 0. The highest BCUT2D eigenvalue weighted by atomic mass is 32.2. The standard InChI is InChI=1S/C9H18O3S/c1-2-3-4-8-13(10,11)9-6-5-7-12-9/h9H,2-8H2,1H3. The first-order valence-electron chi connectivity index (χ1n) is 5.00. The van der Waals surface area contributed by atoms with Crippen molar-refractivity contribution >= 4 is 9.84 Å². The first kappa shape index (κ1) is 11.0. The van der Waals surface area contributed by atoms with Crippen molar-refractivity contribution in [3.05, 3.63) is 0 Å². The minimum Gasteiger partial charge on any atom is -0.362 e. The molecular formula is C9H18O3S. The number of hydrogen-bond donors (Lipinski definition) is 0. The molecule has 0 spiro atoms. The Hall–Kier alpha value is -0.0900. The highest BCUT2D eigenvalue weighted by molar-refractivity contribution is 7.91. The molecule has 0 aromatic heterocycles. The van der Waals surface area contributed by atoms with E-state index in [1.807, 2.05) is 0 Å². The zero-order chi connectivity index (χ0) is 9.73. The van der Waals surface area contributed by atoms with Crippen LogP contribution in [0.5, 0.6) is 0 Å². The Morgan fingerprint density at radius 1 is 1.38 bits per heavy atom. The third-order valence-corrected chi connectivity index (χ3v) is 4.35. The second-order valence-electron chi connectivity index (χ2n) is 3.52. The van der Waals surface area contributed by atoms with Crippen LogP contribution in [-0.4, -0.2) is 26.2 Å². The summed E-state index contributed by atoms with van der Waals surface area (Å²) in [5, 5.41) is 0. The maximum Gasteiger partial charge on any atom is 0.177 e. The SMILES string of the molecule is CCCCCS(=O)(=O)C1CCCO1. The second kappa shape index (κ2) is 4.96. The molecule has 1 saturated heterocycles. The summed E-state index contributed by atoms with van der Waals surface area (Å²) in [7, 11) is -2.95. The summed E-state index contributed by atoms with van der Waals surface area (Å²) in [5.41, 5.74) is -0.496. The van der Waals surface area contributed by atoms with Crippen molar-refractivity contribution in [1.82, 2.24) is 0 Å². The van der Waals surface area contributed by atoms with Crippen molar-refractivity contribution in [2.75, 3.05) is 12.4 Å². The normalized spacial score (nSPS) is 23.6. The van der Waals surface area contributed by atoms with E-state index in [4.69, 9.17) is 4.74 Å². The fourth-order valence-corrected chi connectivity index (χ4v) is 3.21. The Labute approximate surface area is 80.4 Å². The van der Waals surface area contributed by atoms with Gasteiger partial charge in [-0.2, -0.15) is 0 Å². The molecule has 1 aliphatic heterocycles. The molecule has 1 rings (SSSR count). The molecule has 1 aliphatic rings. The highest BCUT2D eigenvalue weighted by Crippen LogP contribution is 2.19. The van der Waals surface area contributed by atoms with Crippen molar-refractivity contribution in [1.29, 1.82) is 0 Å². The summed E-state index contributed by atoms with van der Waals surface area (Å²) < 4.78 is 28.3. The van der Waals surface area contributed by atoms with Crippen LogP contribution in [0, 0.1) is 0 Å². The fraction of sp³-hybridized carbons (Fsp3) is 1.00. The van der Waals surface area contributed by atoms with Crippen molar-refractivity contribution in [2.24, 2.45) is 0 Å². The zero-order valence-electron chi connectivity index (χ0n) is 8.16. The minimum atomic E-state index is -2.95. The Morgan fingerprint density at radius 3 is 2.69 bits per heavy atom. The van der Waals surface area contributed by atoms with Gasteiger partial charge in [-0.05, 0) is 19.3 Å². The van der Waals surface area contributed by atoms with E-state index in [2.05, 4.69) is 6.92 Å². The van der Waals surface area contributed by atoms with Gasteiger partial charge in [-0.15, -0.1) is 0 Å². The molecule has 1 atom stereocenters. The predicted molar refractivity (Wildman–Crippen MR) is 52.3 cm³/mol. The lowest BCUT2D eigenvalue weighted by Crippen LogP contribution is -2.22. The molecule has 0 aliphatic carbocycles. The van der Waals surface area contributed by atoms with E-state index in [0.717, 1.165) is 25.7 Å². The van der Waals surface area contributed by atoms with Gasteiger partial charge in [-0.25, -0.2) is 8.42 Å². The summed E-state index contributed by atoms with van der Waals surface area (Å²) in [6, 6.07) is 0. The molecular weight excluding hydrogens is 188 g/mol. The number of sulfone groups is 1. The molecule has 0 saturated carbocycles. The third-order valence-electron chi connectivity index (χ3n) is 2.32. The van der Waals surface area contributed by atoms with Gasteiger partial charge in [0.25, 0.3) is 0 Å². The predicted octanol–water partition coefficient (Wildman–Crippen LogP) is 1.73. The summed E-state index contributed by atoms with van der Waals surface area (Å²) >= 11 is 0. The Morgan fingerprint density at radius 2 is 2.15 bits per heavy atom. The van der Waals surface area contributed by atoms with E-state index in [1.54, 1.807) is 0 Å². The van der Waals surface area contributed by atoms with E-state index in [0.29, 0.717) is 18.8 Å². The molecule has 0 amide bonds. The van der Waals surface area contributed by atoms with Gasteiger partial charge in [0.05, 0.1) is 5.75 Å². The quantitative estimate of drug-likeness (QED) is 0.643. The number of ether oxygens (including phenoxy) is 1. The maximum absolute atomic E-state index is 11.6. The van der Waals surface area contributed by atoms with E-state index >= 15 is 0 Å². The molecule has 0 N–H and O–H groups in total. The van der Waals surface area contributed by atoms with Crippen LogP contribution in [-0.2, 0) is 14.6 Å². The zero-order valence-corrected chi connectivity index (χ0v) is 8.98. The van der Waals surface area contributed by atoms with Crippen molar-refractivity contribution in [3.8, 4) is 0 Å². The minimum absolute atomic E-state index is 0.297. The topological polar surface area (TPSA) is 43.4 Å². The lowest BCUT2D eigenvalue weighted by molar-refractivity contribution is 0.165. The van der Waals surface area contributed by atoms with E-state index < -0.39 is 15.3 Å². The van der Waals surface area contributed by atoms with Crippen LogP contribution < -0.4 is 0 Å². The van der Waals surface area contributed by atoms with Gasteiger partial charge in [0.1, 0.15) is 0 Å². The maximum atomic E-state index is 11.6. The van der Waals surface area contributed by atoms with Crippen LogP contribution in [0.1, 0.15) is 39.0 Å². The van der Waals surface area contributed by atoms with Crippen LogP contribution in [0.15, 0.2) is 0 Å². The monoisotopic (exact) mass is 206 g/mol. The van der Waals surface area contributed by atoms with E-state index in [9.17, 15) is 8.42 Å². The molecule has 4 heteroatoms. The van der Waals surface area contributed by atoms with E-state index in [1.165, 1.54) is 0 Å². The summed E-state index contributed by atoms with van der Waals surface area (Å²) in [6.07, 6.45) is 4.40. The van der Waals surface area contributed by atoms with Gasteiger partial charge in [-0.1, -0.05) is 19.8 Å². The van der Waals surface area contributed by atoms with Crippen molar-refractivity contribution in [2.45, 2.75) is 44.5 Å². The molecule has 0 aromatic carbocycles. The molecule has 0 radical (unpaired) electrons. The summed E-state index contributed by atoms with van der Waals surface area (Å²) in [5.74, 6) is 0.297. The molecule has 1 unspecified atom stereocenters. The second-order valence-corrected chi connectivity index (χ2v) is 5.78. The smallest absolute Gasteiger partial charge is 0.177 e. The van der Waals surface area contributed by atoms with Crippen LogP contribution in [0.4, 0.5) is 0 Å². The fourth-order valence-electron chi connectivity index (χ4n) is 1.52. The van der Waals surface area contributed by atoms with Gasteiger partial charge in [0, 0.05) is 6.61 Å². The lowest BCUT2D eigenvalue weighted by atomic mass is 10.3. The molecule has 3 nitrogen and oxygen atoms in total. The average molecular weight is 206 g/mol. The number of unbranched alkanes of at least 4 members (excludes halogenated alkanes) is 2. The first-order chi connectivity index (χ1) is 6.17. The highest BCUT2D eigenvalue weighted by Gasteiger charge is 2.28.